The highest BCUT2D eigenvalue weighted by molar-refractivity contribution is 6.30. The third-order valence-corrected chi connectivity index (χ3v) is 3.18. The predicted molar refractivity (Wildman–Crippen MR) is 71.3 cm³/mol. The standard InChI is InChI=1S/C14H17ClO3/c1-17-13-8-11(15)7-10(9-16)14(13)18-12-5-3-2-4-6-12/h3,5,7-8,12,16H,2,4,6,9H2,1H3. The summed E-state index contributed by atoms with van der Waals surface area (Å²) in [6.07, 6.45) is 7.41. The van der Waals surface area contributed by atoms with Crippen molar-refractivity contribution in [2.75, 3.05) is 7.11 Å². The summed E-state index contributed by atoms with van der Waals surface area (Å²) in [4.78, 5) is 0. The largest absolute Gasteiger partial charge is 0.493 e. The first-order chi connectivity index (χ1) is 8.74. The van der Waals surface area contributed by atoms with Crippen LogP contribution >= 0.6 is 11.6 Å². The van der Waals surface area contributed by atoms with Crippen molar-refractivity contribution >= 4 is 11.6 Å². The summed E-state index contributed by atoms with van der Waals surface area (Å²) in [6, 6.07) is 3.40. The number of halogens is 1. The molecule has 1 unspecified atom stereocenters. The van der Waals surface area contributed by atoms with Crippen LogP contribution in [-0.2, 0) is 6.61 Å². The fourth-order valence-electron chi connectivity index (χ4n) is 2.06. The summed E-state index contributed by atoms with van der Waals surface area (Å²) in [5, 5.41) is 9.91. The van der Waals surface area contributed by atoms with Crippen molar-refractivity contribution in [1.29, 1.82) is 0 Å². The molecule has 1 aliphatic carbocycles. The first-order valence-electron chi connectivity index (χ1n) is 6.05. The maximum Gasteiger partial charge on any atom is 0.167 e. The Bertz CT molecular complexity index is 418. The molecule has 0 amide bonds. The molecule has 0 bridgehead atoms. The van der Waals surface area contributed by atoms with Gasteiger partial charge in [-0.3, -0.25) is 0 Å². The molecule has 0 spiro atoms. The van der Waals surface area contributed by atoms with Crippen molar-refractivity contribution in [3.63, 3.8) is 0 Å². The smallest absolute Gasteiger partial charge is 0.167 e. The van der Waals surface area contributed by atoms with Crippen molar-refractivity contribution < 1.29 is 14.6 Å². The van der Waals surface area contributed by atoms with Gasteiger partial charge in [0.15, 0.2) is 11.5 Å². The number of aliphatic hydroxyl groups is 1. The van der Waals surface area contributed by atoms with Gasteiger partial charge in [0.2, 0.25) is 0 Å². The highest BCUT2D eigenvalue weighted by Crippen LogP contribution is 2.36. The Balaban J connectivity index is 2.29. The summed E-state index contributed by atoms with van der Waals surface area (Å²) in [5.41, 5.74) is 0.651. The third-order valence-electron chi connectivity index (χ3n) is 2.97. The number of ether oxygens (including phenoxy) is 2. The second kappa shape index (κ2) is 6.12. The second-order valence-electron chi connectivity index (χ2n) is 4.27. The molecular formula is C14H17ClO3. The van der Waals surface area contributed by atoms with Gasteiger partial charge in [0, 0.05) is 16.7 Å². The van der Waals surface area contributed by atoms with Crippen molar-refractivity contribution in [2.45, 2.75) is 32.0 Å². The summed E-state index contributed by atoms with van der Waals surface area (Å²) in [5.74, 6) is 1.14. The molecule has 0 fully saturated rings. The van der Waals surface area contributed by atoms with Crippen molar-refractivity contribution in [1.82, 2.24) is 0 Å². The first-order valence-corrected chi connectivity index (χ1v) is 6.43. The van der Waals surface area contributed by atoms with Crippen LogP contribution in [-0.4, -0.2) is 18.3 Å². The topological polar surface area (TPSA) is 38.7 Å². The first kappa shape index (κ1) is 13.2. The van der Waals surface area contributed by atoms with Gasteiger partial charge >= 0.3 is 0 Å². The average Bonchev–Trinajstić information content (AvgIpc) is 2.41. The van der Waals surface area contributed by atoms with Crippen LogP contribution in [0.2, 0.25) is 5.02 Å². The van der Waals surface area contributed by atoms with Gasteiger partial charge in [-0.05, 0) is 31.4 Å². The van der Waals surface area contributed by atoms with Crippen LogP contribution < -0.4 is 9.47 Å². The maximum absolute atomic E-state index is 9.38. The fourth-order valence-corrected chi connectivity index (χ4v) is 2.29. The minimum absolute atomic E-state index is 0.0409. The monoisotopic (exact) mass is 268 g/mol. The fraction of sp³-hybridized carbons (Fsp3) is 0.429. The van der Waals surface area contributed by atoms with Crippen LogP contribution in [0.25, 0.3) is 0 Å². The van der Waals surface area contributed by atoms with E-state index in [9.17, 15) is 5.11 Å². The lowest BCUT2D eigenvalue weighted by Crippen LogP contribution is -2.17. The van der Waals surface area contributed by atoms with Crippen LogP contribution in [0.5, 0.6) is 11.5 Å². The number of allylic oxidation sites excluding steroid dienone is 1. The summed E-state index contributed by atoms with van der Waals surface area (Å²) in [7, 11) is 1.57. The van der Waals surface area contributed by atoms with E-state index in [1.807, 2.05) is 0 Å². The number of benzene rings is 1. The molecular weight excluding hydrogens is 252 g/mol. The van der Waals surface area contributed by atoms with Gasteiger partial charge < -0.3 is 14.6 Å². The number of methoxy groups -OCH3 is 1. The summed E-state index contributed by atoms with van der Waals surface area (Å²) >= 11 is 5.96. The van der Waals surface area contributed by atoms with Crippen molar-refractivity contribution in [2.24, 2.45) is 0 Å². The second-order valence-corrected chi connectivity index (χ2v) is 4.71. The van der Waals surface area contributed by atoms with Gasteiger partial charge in [-0.1, -0.05) is 17.7 Å². The van der Waals surface area contributed by atoms with E-state index in [1.165, 1.54) is 0 Å². The van der Waals surface area contributed by atoms with Crippen LogP contribution in [0.15, 0.2) is 24.3 Å². The molecule has 0 radical (unpaired) electrons. The maximum atomic E-state index is 9.38. The minimum Gasteiger partial charge on any atom is -0.493 e. The van der Waals surface area contributed by atoms with Crippen LogP contribution in [0.4, 0.5) is 0 Å². The highest BCUT2D eigenvalue weighted by atomic mass is 35.5. The molecule has 98 valence electrons. The molecule has 0 aliphatic heterocycles. The van der Waals surface area contributed by atoms with Crippen LogP contribution in [0.1, 0.15) is 24.8 Å². The molecule has 18 heavy (non-hydrogen) atoms. The molecule has 0 saturated heterocycles. The Hall–Kier alpha value is -1.19. The summed E-state index contributed by atoms with van der Waals surface area (Å²) in [6.45, 7) is -0.122. The molecule has 0 aromatic heterocycles. The number of rotatable bonds is 4. The Labute approximate surface area is 112 Å². The van der Waals surface area contributed by atoms with Crippen molar-refractivity contribution in [3.05, 3.63) is 34.9 Å². The molecule has 1 aliphatic rings. The molecule has 3 nitrogen and oxygen atoms in total. The zero-order chi connectivity index (χ0) is 13.0. The van der Waals surface area contributed by atoms with Crippen LogP contribution in [0.3, 0.4) is 0 Å². The molecule has 4 heteroatoms. The molecule has 2 rings (SSSR count). The predicted octanol–water partition coefficient (Wildman–Crippen LogP) is 3.33. The summed E-state index contributed by atoms with van der Waals surface area (Å²) < 4.78 is 11.2. The van der Waals surface area contributed by atoms with E-state index >= 15 is 0 Å². The Morgan fingerprint density at radius 1 is 1.44 bits per heavy atom. The normalized spacial score (nSPS) is 18.7. The number of hydrogen-bond donors (Lipinski definition) is 1. The Kier molecular flexibility index (Phi) is 4.50. The number of hydrogen-bond acceptors (Lipinski definition) is 3. The van der Waals surface area contributed by atoms with E-state index in [2.05, 4.69) is 12.2 Å². The van der Waals surface area contributed by atoms with E-state index in [1.54, 1.807) is 19.2 Å². The zero-order valence-electron chi connectivity index (χ0n) is 10.4. The lowest BCUT2D eigenvalue weighted by molar-refractivity contribution is 0.207. The average molecular weight is 269 g/mol. The Morgan fingerprint density at radius 3 is 2.89 bits per heavy atom. The zero-order valence-corrected chi connectivity index (χ0v) is 11.1. The molecule has 1 atom stereocenters. The van der Waals surface area contributed by atoms with Gasteiger partial charge in [0.05, 0.1) is 13.7 Å². The van der Waals surface area contributed by atoms with Gasteiger partial charge in [-0.15, -0.1) is 0 Å². The lowest BCUT2D eigenvalue weighted by atomic mass is 10.1. The van der Waals surface area contributed by atoms with Gasteiger partial charge in [-0.25, -0.2) is 0 Å². The van der Waals surface area contributed by atoms with E-state index in [0.717, 1.165) is 19.3 Å². The van der Waals surface area contributed by atoms with E-state index in [4.69, 9.17) is 21.1 Å². The lowest BCUT2D eigenvalue weighted by Gasteiger charge is -2.22. The quantitative estimate of drug-likeness (QED) is 0.852. The number of aliphatic hydroxyl groups excluding tert-OH is 1. The van der Waals surface area contributed by atoms with Crippen molar-refractivity contribution in [3.8, 4) is 11.5 Å². The molecule has 0 saturated carbocycles. The SMILES string of the molecule is COc1cc(Cl)cc(CO)c1OC1C=CCCC1. The molecule has 1 aromatic rings. The van der Waals surface area contributed by atoms with E-state index in [-0.39, 0.29) is 12.7 Å². The molecule has 1 N–H and O–H groups in total. The molecule has 0 heterocycles. The van der Waals surface area contributed by atoms with Gasteiger partial charge in [0.25, 0.3) is 0 Å². The Morgan fingerprint density at radius 2 is 2.28 bits per heavy atom. The van der Waals surface area contributed by atoms with Gasteiger partial charge in [0.1, 0.15) is 6.10 Å². The minimum atomic E-state index is -0.122. The molecule has 1 aromatic carbocycles. The third kappa shape index (κ3) is 2.98. The highest BCUT2D eigenvalue weighted by Gasteiger charge is 2.17. The van der Waals surface area contributed by atoms with Gasteiger partial charge in [-0.2, -0.15) is 0 Å². The van der Waals surface area contributed by atoms with E-state index < -0.39 is 0 Å². The van der Waals surface area contributed by atoms with E-state index in [0.29, 0.717) is 22.1 Å². The van der Waals surface area contributed by atoms with Crippen LogP contribution in [0, 0.1) is 0 Å².